The van der Waals surface area contributed by atoms with Crippen molar-refractivity contribution in [2.45, 2.75) is 6.42 Å². The molecule has 98 valence electrons. The van der Waals surface area contributed by atoms with Gasteiger partial charge in [-0.05, 0) is 29.8 Å². The minimum absolute atomic E-state index is 0.0240. The fourth-order valence-corrected chi connectivity index (χ4v) is 1.94. The summed E-state index contributed by atoms with van der Waals surface area (Å²) in [4.78, 5) is 12.1. The number of methoxy groups -OCH3 is 1. The highest BCUT2D eigenvalue weighted by molar-refractivity contribution is 6.30. The maximum atomic E-state index is 13.0. The van der Waals surface area contributed by atoms with Gasteiger partial charge in [0, 0.05) is 12.0 Å². The van der Waals surface area contributed by atoms with E-state index in [2.05, 4.69) is 0 Å². The maximum absolute atomic E-state index is 13.0. The summed E-state index contributed by atoms with van der Waals surface area (Å²) in [6.45, 7) is 0. The van der Waals surface area contributed by atoms with Crippen molar-refractivity contribution in [3.63, 3.8) is 0 Å². The lowest BCUT2D eigenvalue weighted by molar-refractivity contribution is 0.0992. The zero-order valence-electron chi connectivity index (χ0n) is 10.3. The monoisotopic (exact) mass is 278 g/mol. The molecule has 0 spiro atoms. The molecule has 0 saturated carbocycles. The molecule has 0 saturated heterocycles. The second-order valence-electron chi connectivity index (χ2n) is 4.08. The van der Waals surface area contributed by atoms with Crippen LogP contribution in [0.25, 0.3) is 0 Å². The molecular formula is C15H12ClFO2. The Morgan fingerprint density at radius 1 is 1.26 bits per heavy atom. The van der Waals surface area contributed by atoms with Gasteiger partial charge in [-0.15, -0.1) is 0 Å². The molecule has 0 aromatic heterocycles. The largest absolute Gasteiger partial charge is 0.497 e. The van der Waals surface area contributed by atoms with Gasteiger partial charge in [-0.1, -0.05) is 29.8 Å². The van der Waals surface area contributed by atoms with Crippen molar-refractivity contribution >= 4 is 17.4 Å². The second-order valence-corrected chi connectivity index (χ2v) is 4.49. The van der Waals surface area contributed by atoms with E-state index in [4.69, 9.17) is 16.3 Å². The number of carbonyl (C=O) groups excluding carboxylic acids is 1. The molecule has 0 fully saturated rings. The SMILES string of the molecule is COc1cccc(C(=O)Cc2ccc(F)c(Cl)c2)c1. The maximum Gasteiger partial charge on any atom is 0.167 e. The van der Waals surface area contributed by atoms with E-state index in [1.807, 2.05) is 0 Å². The summed E-state index contributed by atoms with van der Waals surface area (Å²) in [6.07, 6.45) is 0.174. The van der Waals surface area contributed by atoms with E-state index in [-0.39, 0.29) is 17.2 Å². The molecule has 0 aliphatic rings. The summed E-state index contributed by atoms with van der Waals surface area (Å²) in [5.74, 6) is 0.0730. The van der Waals surface area contributed by atoms with Crippen LogP contribution in [0, 0.1) is 5.82 Å². The zero-order chi connectivity index (χ0) is 13.8. The van der Waals surface area contributed by atoms with Gasteiger partial charge in [-0.2, -0.15) is 0 Å². The van der Waals surface area contributed by atoms with Gasteiger partial charge >= 0.3 is 0 Å². The number of Topliss-reactive ketones (excluding diaryl/α,β-unsaturated/α-hetero) is 1. The van der Waals surface area contributed by atoms with Gasteiger partial charge in [0.25, 0.3) is 0 Å². The highest BCUT2D eigenvalue weighted by Gasteiger charge is 2.09. The number of rotatable bonds is 4. The lowest BCUT2D eigenvalue weighted by atomic mass is 10.0. The first-order valence-corrected chi connectivity index (χ1v) is 6.09. The Morgan fingerprint density at radius 3 is 2.74 bits per heavy atom. The van der Waals surface area contributed by atoms with Crippen LogP contribution in [0.2, 0.25) is 5.02 Å². The van der Waals surface area contributed by atoms with Crippen molar-refractivity contribution in [1.29, 1.82) is 0 Å². The van der Waals surface area contributed by atoms with E-state index in [1.165, 1.54) is 12.1 Å². The summed E-state index contributed by atoms with van der Waals surface area (Å²) in [6, 6.07) is 11.2. The molecule has 0 radical (unpaired) electrons. The molecule has 0 aliphatic carbocycles. The predicted octanol–water partition coefficient (Wildman–Crippen LogP) is 3.91. The molecular weight excluding hydrogens is 267 g/mol. The van der Waals surface area contributed by atoms with Crippen molar-refractivity contribution in [2.75, 3.05) is 7.11 Å². The van der Waals surface area contributed by atoms with Gasteiger partial charge in [0.2, 0.25) is 0 Å². The number of ketones is 1. The van der Waals surface area contributed by atoms with Gasteiger partial charge in [-0.25, -0.2) is 4.39 Å². The lowest BCUT2D eigenvalue weighted by Gasteiger charge is -2.05. The smallest absolute Gasteiger partial charge is 0.167 e. The fraction of sp³-hybridized carbons (Fsp3) is 0.133. The molecule has 2 aromatic rings. The molecule has 4 heteroatoms. The molecule has 0 heterocycles. The van der Waals surface area contributed by atoms with Crippen LogP contribution in [0.3, 0.4) is 0 Å². The normalized spacial score (nSPS) is 10.3. The number of ether oxygens (including phenoxy) is 1. The molecule has 0 unspecified atom stereocenters. The van der Waals surface area contributed by atoms with E-state index in [9.17, 15) is 9.18 Å². The summed E-state index contributed by atoms with van der Waals surface area (Å²) < 4.78 is 18.1. The topological polar surface area (TPSA) is 26.3 Å². The standard InChI is InChI=1S/C15H12ClFO2/c1-19-12-4-2-3-11(9-12)15(18)8-10-5-6-14(17)13(16)7-10/h2-7,9H,8H2,1H3. The quantitative estimate of drug-likeness (QED) is 0.793. The summed E-state index contributed by atoms with van der Waals surface area (Å²) in [7, 11) is 1.54. The third kappa shape index (κ3) is 3.32. The number of hydrogen-bond acceptors (Lipinski definition) is 2. The Morgan fingerprint density at radius 2 is 2.05 bits per heavy atom. The van der Waals surface area contributed by atoms with Crippen LogP contribution in [0.4, 0.5) is 4.39 Å². The van der Waals surface area contributed by atoms with Gasteiger partial charge in [0.1, 0.15) is 11.6 Å². The average molecular weight is 279 g/mol. The van der Waals surface area contributed by atoms with Crippen LogP contribution in [0.15, 0.2) is 42.5 Å². The lowest BCUT2D eigenvalue weighted by Crippen LogP contribution is -2.04. The zero-order valence-corrected chi connectivity index (χ0v) is 11.1. The number of benzene rings is 2. The average Bonchev–Trinajstić information content (AvgIpc) is 2.43. The summed E-state index contributed by atoms with van der Waals surface area (Å²) >= 11 is 5.68. The number of hydrogen-bond donors (Lipinski definition) is 0. The molecule has 19 heavy (non-hydrogen) atoms. The first kappa shape index (κ1) is 13.6. The summed E-state index contributed by atoms with van der Waals surface area (Å²) in [5.41, 5.74) is 1.24. The molecule has 0 amide bonds. The van der Waals surface area contributed by atoms with E-state index in [0.29, 0.717) is 16.9 Å². The third-order valence-electron chi connectivity index (χ3n) is 2.74. The Labute approximate surface area is 115 Å². The summed E-state index contributed by atoms with van der Waals surface area (Å²) in [5, 5.41) is 0.0240. The molecule has 0 atom stereocenters. The predicted molar refractivity (Wildman–Crippen MR) is 72.4 cm³/mol. The van der Waals surface area contributed by atoms with Gasteiger partial charge < -0.3 is 4.74 Å². The molecule has 0 bridgehead atoms. The third-order valence-corrected chi connectivity index (χ3v) is 3.03. The van der Waals surface area contributed by atoms with Gasteiger partial charge in [-0.3, -0.25) is 4.79 Å². The van der Waals surface area contributed by atoms with E-state index in [1.54, 1.807) is 37.4 Å². The van der Waals surface area contributed by atoms with Crippen molar-refractivity contribution in [1.82, 2.24) is 0 Å². The molecule has 2 rings (SSSR count). The molecule has 2 nitrogen and oxygen atoms in total. The first-order chi connectivity index (χ1) is 9.10. The molecule has 0 N–H and O–H groups in total. The van der Waals surface area contributed by atoms with Crippen LogP contribution < -0.4 is 4.74 Å². The van der Waals surface area contributed by atoms with E-state index in [0.717, 1.165) is 0 Å². The minimum Gasteiger partial charge on any atom is -0.497 e. The van der Waals surface area contributed by atoms with Crippen LogP contribution >= 0.6 is 11.6 Å². The van der Waals surface area contributed by atoms with Crippen LogP contribution in [-0.2, 0) is 6.42 Å². The van der Waals surface area contributed by atoms with E-state index < -0.39 is 5.82 Å². The van der Waals surface area contributed by atoms with Gasteiger partial charge in [0.15, 0.2) is 5.78 Å². The molecule has 0 aliphatic heterocycles. The van der Waals surface area contributed by atoms with Crippen LogP contribution in [-0.4, -0.2) is 12.9 Å². The van der Waals surface area contributed by atoms with Crippen LogP contribution in [0.5, 0.6) is 5.75 Å². The number of carbonyl (C=O) groups is 1. The van der Waals surface area contributed by atoms with Crippen molar-refractivity contribution < 1.29 is 13.9 Å². The fourth-order valence-electron chi connectivity index (χ4n) is 1.73. The Kier molecular flexibility index (Phi) is 4.17. The highest BCUT2D eigenvalue weighted by atomic mass is 35.5. The highest BCUT2D eigenvalue weighted by Crippen LogP contribution is 2.19. The Hall–Kier alpha value is -1.87. The minimum atomic E-state index is -0.487. The second kappa shape index (κ2) is 5.85. The number of halogens is 2. The first-order valence-electron chi connectivity index (χ1n) is 5.71. The van der Waals surface area contributed by atoms with Crippen molar-refractivity contribution in [3.05, 3.63) is 64.4 Å². The Bertz CT molecular complexity index is 611. The van der Waals surface area contributed by atoms with Crippen LogP contribution in [0.1, 0.15) is 15.9 Å². The van der Waals surface area contributed by atoms with Crippen molar-refractivity contribution in [2.24, 2.45) is 0 Å². The molecule has 2 aromatic carbocycles. The van der Waals surface area contributed by atoms with Gasteiger partial charge in [0.05, 0.1) is 12.1 Å². The van der Waals surface area contributed by atoms with Crippen molar-refractivity contribution in [3.8, 4) is 5.75 Å². The Balaban J connectivity index is 2.18. The van der Waals surface area contributed by atoms with E-state index >= 15 is 0 Å².